The van der Waals surface area contributed by atoms with E-state index in [0.29, 0.717) is 11.1 Å². The fraction of sp³-hybridized carbons (Fsp3) is 0.400. The zero-order valence-electron chi connectivity index (χ0n) is 11.2. The molecule has 0 bridgehead atoms. The topological polar surface area (TPSA) is 38.0 Å². The average molecular weight is 277 g/mol. The van der Waals surface area contributed by atoms with E-state index in [9.17, 15) is 5.11 Å². The summed E-state index contributed by atoms with van der Waals surface area (Å²) in [5.41, 5.74) is 5.08. The number of nitrogens with zero attached hydrogens (tertiary/aromatic N) is 2. The highest BCUT2D eigenvalue weighted by Gasteiger charge is 2.31. The fourth-order valence-electron chi connectivity index (χ4n) is 2.48. The molecule has 1 heterocycles. The Balaban J connectivity index is 2.14. The molecule has 0 unspecified atom stereocenters. The van der Waals surface area contributed by atoms with Crippen molar-refractivity contribution in [3.05, 3.63) is 45.7 Å². The van der Waals surface area contributed by atoms with Gasteiger partial charge in [0.15, 0.2) is 0 Å². The van der Waals surface area contributed by atoms with Gasteiger partial charge in [0.1, 0.15) is 5.15 Å². The standard InChI is InChI=1S/C15H17ClN2O/c1-9-3-6-13(10(2)7-9)18-15(16)12(8-19)14(17-18)11-4-5-11/h3,6-7,11,19H,4-5,8H2,1-2H3. The third-order valence-electron chi connectivity index (χ3n) is 3.65. The molecule has 1 aromatic heterocycles. The summed E-state index contributed by atoms with van der Waals surface area (Å²) in [7, 11) is 0. The van der Waals surface area contributed by atoms with E-state index >= 15 is 0 Å². The number of aromatic nitrogens is 2. The number of hydrogen-bond acceptors (Lipinski definition) is 2. The fourth-order valence-corrected chi connectivity index (χ4v) is 2.76. The Hall–Kier alpha value is -1.32. The van der Waals surface area contributed by atoms with E-state index in [2.05, 4.69) is 31.1 Å². The Morgan fingerprint density at radius 1 is 1.37 bits per heavy atom. The van der Waals surface area contributed by atoms with Crippen molar-refractivity contribution in [1.82, 2.24) is 9.78 Å². The van der Waals surface area contributed by atoms with Crippen LogP contribution in [0.1, 0.15) is 41.1 Å². The van der Waals surface area contributed by atoms with Crippen molar-refractivity contribution in [3.63, 3.8) is 0 Å². The first-order chi connectivity index (χ1) is 9.11. The van der Waals surface area contributed by atoms with Crippen LogP contribution in [0.3, 0.4) is 0 Å². The van der Waals surface area contributed by atoms with Gasteiger partial charge in [0.2, 0.25) is 0 Å². The largest absolute Gasteiger partial charge is 0.391 e. The van der Waals surface area contributed by atoms with Crippen molar-refractivity contribution in [2.24, 2.45) is 0 Å². The zero-order valence-corrected chi connectivity index (χ0v) is 11.9. The van der Waals surface area contributed by atoms with Gasteiger partial charge in [-0.3, -0.25) is 0 Å². The molecular weight excluding hydrogens is 260 g/mol. The van der Waals surface area contributed by atoms with Crippen LogP contribution >= 0.6 is 11.6 Å². The zero-order chi connectivity index (χ0) is 13.6. The van der Waals surface area contributed by atoms with Gasteiger partial charge < -0.3 is 5.11 Å². The lowest BCUT2D eigenvalue weighted by molar-refractivity contribution is 0.280. The van der Waals surface area contributed by atoms with Crippen LogP contribution in [0.5, 0.6) is 0 Å². The van der Waals surface area contributed by atoms with E-state index in [1.54, 1.807) is 4.68 Å². The average Bonchev–Trinajstić information content (AvgIpc) is 3.15. The molecule has 4 heteroatoms. The minimum absolute atomic E-state index is 0.0461. The summed E-state index contributed by atoms with van der Waals surface area (Å²) in [5, 5.41) is 14.7. The van der Waals surface area contributed by atoms with Crippen molar-refractivity contribution in [2.45, 2.75) is 39.2 Å². The normalized spacial score (nSPS) is 14.9. The van der Waals surface area contributed by atoms with Crippen LogP contribution in [0.25, 0.3) is 5.69 Å². The monoisotopic (exact) mass is 276 g/mol. The Kier molecular flexibility index (Phi) is 3.11. The van der Waals surface area contributed by atoms with E-state index in [1.807, 2.05) is 6.07 Å². The first kappa shape index (κ1) is 12.7. The van der Waals surface area contributed by atoms with Crippen LogP contribution in [0.2, 0.25) is 5.15 Å². The molecule has 0 radical (unpaired) electrons. The summed E-state index contributed by atoms with van der Waals surface area (Å²) in [6, 6.07) is 6.19. The van der Waals surface area contributed by atoms with E-state index < -0.39 is 0 Å². The summed E-state index contributed by atoms with van der Waals surface area (Å²) in [5.74, 6) is 0.478. The van der Waals surface area contributed by atoms with Crippen LogP contribution in [0.15, 0.2) is 18.2 Å². The van der Waals surface area contributed by atoms with Crippen molar-refractivity contribution >= 4 is 11.6 Å². The molecule has 1 aromatic carbocycles. The predicted octanol–water partition coefficient (Wildman–Crippen LogP) is 3.51. The molecule has 1 fully saturated rings. The number of hydrogen-bond donors (Lipinski definition) is 1. The Bertz CT molecular complexity index is 629. The number of rotatable bonds is 3. The summed E-state index contributed by atoms with van der Waals surface area (Å²) < 4.78 is 1.76. The highest BCUT2D eigenvalue weighted by Crippen LogP contribution is 2.43. The molecule has 0 amide bonds. The molecule has 100 valence electrons. The molecule has 1 saturated carbocycles. The SMILES string of the molecule is Cc1ccc(-n2nc(C3CC3)c(CO)c2Cl)c(C)c1. The van der Waals surface area contributed by atoms with Gasteiger partial charge in [0.05, 0.1) is 18.0 Å². The molecular formula is C15H17ClN2O. The van der Waals surface area contributed by atoms with Crippen LogP contribution in [-0.2, 0) is 6.61 Å². The minimum Gasteiger partial charge on any atom is -0.391 e. The lowest BCUT2D eigenvalue weighted by atomic mass is 10.1. The first-order valence-electron chi connectivity index (χ1n) is 6.57. The molecule has 0 aliphatic heterocycles. The molecule has 19 heavy (non-hydrogen) atoms. The first-order valence-corrected chi connectivity index (χ1v) is 6.95. The Labute approximate surface area is 117 Å². The molecule has 0 saturated heterocycles. The molecule has 0 spiro atoms. The lowest BCUT2D eigenvalue weighted by Gasteiger charge is -2.08. The summed E-state index contributed by atoms with van der Waals surface area (Å²) in [4.78, 5) is 0. The van der Waals surface area contributed by atoms with Gasteiger partial charge in [0.25, 0.3) is 0 Å². The van der Waals surface area contributed by atoms with E-state index in [0.717, 1.165) is 35.3 Å². The maximum absolute atomic E-state index is 9.51. The molecule has 1 aliphatic rings. The quantitative estimate of drug-likeness (QED) is 0.932. The number of benzene rings is 1. The van der Waals surface area contributed by atoms with E-state index in [4.69, 9.17) is 11.6 Å². The number of aliphatic hydroxyl groups is 1. The summed E-state index contributed by atoms with van der Waals surface area (Å²) in [6.45, 7) is 4.07. The number of halogens is 1. The second kappa shape index (κ2) is 4.66. The smallest absolute Gasteiger partial charge is 0.138 e. The van der Waals surface area contributed by atoms with Gasteiger partial charge in [-0.05, 0) is 38.3 Å². The Morgan fingerprint density at radius 3 is 2.68 bits per heavy atom. The minimum atomic E-state index is -0.0461. The molecule has 1 N–H and O–H groups in total. The van der Waals surface area contributed by atoms with Gasteiger partial charge in [-0.1, -0.05) is 29.3 Å². The van der Waals surface area contributed by atoms with Crippen LogP contribution in [0.4, 0.5) is 0 Å². The summed E-state index contributed by atoms with van der Waals surface area (Å²) >= 11 is 6.39. The van der Waals surface area contributed by atoms with Crippen LogP contribution in [-0.4, -0.2) is 14.9 Å². The maximum atomic E-state index is 9.51. The molecule has 2 aromatic rings. The second-order valence-electron chi connectivity index (χ2n) is 5.29. The van der Waals surface area contributed by atoms with E-state index in [-0.39, 0.29) is 6.61 Å². The number of aryl methyl sites for hydroxylation is 2. The van der Waals surface area contributed by atoms with Crippen LogP contribution < -0.4 is 0 Å². The Morgan fingerprint density at radius 2 is 2.11 bits per heavy atom. The molecule has 0 atom stereocenters. The van der Waals surface area contributed by atoms with Gasteiger partial charge in [0, 0.05) is 11.5 Å². The van der Waals surface area contributed by atoms with E-state index in [1.165, 1.54) is 5.56 Å². The highest BCUT2D eigenvalue weighted by molar-refractivity contribution is 6.30. The number of aliphatic hydroxyl groups excluding tert-OH is 1. The molecule has 3 rings (SSSR count). The van der Waals surface area contributed by atoms with Crippen molar-refractivity contribution in [3.8, 4) is 5.69 Å². The van der Waals surface area contributed by atoms with Gasteiger partial charge in [-0.2, -0.15) is 5.10 Å². The lowest BCUT2D eigenvalue weighted by Crippen LogP contribution is -2.00. The van der Waals surface area contributed by atoms with Crippen LogP contribution in [0, 0.1) is 13.8 Å². The second-order valence-corrected chi connectivity index (χ2v) is 5.65. The third-order valence-corrected chi connectivity index (χ3v) is 4.04. The van der Waals surface area contributed by atoms with Crippen molar-refractivity contribution in [2.75, 3.05) is 0 Å². The van der Waals surface area contributed by atoms with Gasteiger partial charge in [-0.25, -0.2) is 4.68 Å². The van der Waals surface area contributed by atoms with Gasteiger partial charge >= 0.3 is 0 Å². The van der Waals surface area contributed by atoms with Gasteiger partial charge in [-0.15, -0.1) is 0 Å². The van der Waals surface area contributed by atoms with Crippen molar-refractivity contribution in [1.29, 1.82) is 0 Å². The third kappa shape index (κ3) is 2.17. The predicted molar refractivity (Wildman–Crippen MR) is 75.9 cm³/mol. The molecule has 3 nitrogen and oxygen atoms in total. The van der Waals surface area contributed by atoms with Crippen molar-refractivity contribution < 1.29 is 5.11 Å². The maximum Gasteiger partial charge on any atom is 0.138 e. The summed E-state index contributed by atoms with van der Waals surface area (Å²) in [6.07, 6.45) is 2.29. The molecule has 1 aliphatic carbocycles. The highest BCUT2D eigenvalue weighted by atomic mass is 35.5.